The molecule has 0 saturated heterocycles. The molecule has 1 N–H and O–H groups in total. The van der Waals surface area contributed by atoms with E-state index in [1.807, 2.05) is 25.2 Å². The fourth-order valence-electron chi connectivity index (χ4n) is 2.22. The maximum atomic E-state index is 5.07. The van der Waals surface area contributed by atoms with Crippen LogP contribution in [0, 0.1) is 6.92 Å². The van der Waals surface area contributed by atoms with Gasteiger partial charge in [-0.3, -0.25) is 0 Å². The number of aryl methyl sites for hydroxylation is 1. The van der Waals surface area contributed by atoms with Gasteiger partial charge in [0.1, 0.15) is 5.82 Å². The van der Waals surface area contributed by atoms with E-state index in [4.69, 9.17) is 4.74 Å². The first-order valence-corrected chi connectivity index (χ1v) is 6.43. The van der Waals surface area contributed by atoms with Crippen molar-refractivity contribution in [1.82, 2.24) is 4.98 Å². The molecule has 0 fully saturated rings. The van der Waals surface area contributed by atoms with E-state index >= 15 is 0 Å². The molecule has 0 radical (unpaired) electrons. The number of ether oxygens (including phenoxy) is 1. The molecule has 1 aromatic heterocycles. The largest absolute Gasteiger partial charge is 0.383 e. The lowest BCUT2D eigenvalue weighted by Gasteiger charge is -2.18. The fourth-order valence-corrected chi connectivity index (χ4v) is 2.22. The molecule has 19 heavy (non-hydrogen) atoms. The summed E-state index contributed by atoms with van der Waals surface area (Å²) in [4.78, 5) is 6.62. The fraction of sp³-hybridized carbons (Fsp3) is 0.400. The monoisotopic (exact) mass is 259 g/mol. The Morgan fingerprint density at radius 3 is 2.79 bits per heavy atom. The van der Waals surface area contributed by atoms with E-state index in [0.717, 1.165) is 18.1 Å². The van der Waals surface area contributed by atoms with Crippen LogP contribution in [0.5, 0.6) is 0 Å². The molecular weight excluding hydrogens is 238 g/mol. The molecular formula is C15H21N3O. The van der Waals surface area contributed by atoms with Gasteiger partial charge in [-0.15, -0.1) is 0 Å². The van der Waals surface area contributed by atoms with Gasteiger partial charge in [-0.25, -0.2) is 4.98 Å². The lowest BCUT2D eigenvalue weighted by Crippen LogP contribution is -2.13. The van der Waals surface area contributed by atoms with Gasteiger partial charge in [-0.2, -0.15) is 0 Å². The van der Waals surface area contributed by atoms with Crippen molar-refractivity contribution in [2.75, 3.05) is 44.6 Å². The standard InChI is InChI=1S/C15H21N3O/c1-11-6-5-7-12-13(16-8-9-19-4)10-17-15(14(11)12)18(2)3/h5-7,10,16H,8-9H2,1-4H3. The van der Waals surface area contributed by atoms with Crippen LogP contribution in [0.15, 0.2) is 24.4 Å². The summed E-state index contributed by atoms with van der Waals surface area (Å²) in [5, 5.41) is 5.78. The van der Waals surface area contributed by atoms with Crippen molar-refractivity contribution < 1.29 is 4.74 Å². The Morgan fingerprint density at radius 1 is 1.32 bits per heavy atom. The van der Waals surface area contributed by atoms with E-state index in [9.17, 15) is 0 Å². The van der Waals surface area contributed by atoms with E-state index in [1.165, 1.54) is 16.3 Å². The van der Waals surface area contributed by atoms with Crippen LogP contribution in [0.1, 0.15) is 5.56 Å². The minimum Gasteiger partial charge on any atom is -0.383 e. The topological polar surface area (TPSA) is 37.4 Å². The summed E-state index contributed by atoms with van der Waals surface area (Å²) in [7, 11) is 5.75. The lowest BCUT2D eigenvalue weighted by atomic mass is 10.1. The molecule has 2 rings (SSSR count). The maximum absolute atomic E-state index is 5.07. The van der Waals surface area contributed by atoms with E-state index in [1.54, 1.807) is 7.11 Å². The van der Waals surface area contributed by atoms with Crippen molar-refractivity contribution in [2.45, 2.75) is 6.92 Å². The van der Waals surface area contributed by atoms with E-state index in [2.05, 4.69) is 35.4 Å². The van der Waals surface area contributed by atoms with E-state index in [-0.39, 0.29) is 0 Å². The number of rotatable bonds is 5. The zero-order valence-electron chi connectivity index (χ0n) is 12.0. The second-order valence-electron chi connectivity index (χ2n) is 4.81. The molecule has 0 atom stereocenters. The first-order valence-electron chi connectivity index (χ1n) is 6.43. The van der Waals surface area contributed by atoms with Crippen molar-refractivity contribution in [3.63, 3.8) is 0 Å². The highest BCUT2D eigenvalue weighted by Gasteiger charge is 2.10. The smallest absolute Gasteiger partial charge is 0.136 e. The predicted octanol–water partition coefficient (Wildman–Crippen LogP) is 2.67. The maximum Gasteiger partial charge on any atom is 0.136 e. The number of pyridine rings is 1. The molecule has 2 aromatic rings. The van der Waals surface area contributed by atoms with Crippen molar-refractivity contribution >= 4 is 22.3 Å². The van der Waals surface area contributed by atoms with Crippen molar-refractivity contribution in [1.29, 1.82) is 0 Å². The van der Waals surface area contributed by atoms with Gasteiger partial charge in [-0.1, -0.05) is 18.2 Å². The average molecular weight is 259 g/mol. The molecule has 0 aliphatic heterocycles. The molecule has 4 heteroatoms. The van der Waals surface area contributed by atoms with Crippen molar-refractivity contribution in [3.05, 3.63) is 30.0 Å². The Labute approximate surface area is 114 Å². The molecule has 1 aromatic carbocycles. The molecule has 0 aliphatic carbocycles. The third-order valence-corrected chi connectivity index (χ3v) is 3.15. The van der Waals surface area contributed by atoms with Gasteiger partial charge in [0.05, 0.1) is 18.5 Å². The van der Waals surface area contributed by atoms with Crippen LogP contribution in [0.2, 0.25) is 0 Å². The van der Waals surface area contributed by atoms with Gasteiger partial charge in [0, 0.05) is 38.5 Å². The SMILES string of the molecule is COCCNc1cnc(N(C)C)c2c(C)cccc12. The Balaban J connectivity index is 2.50. The van der Waals surface area contributed by atoms with Gasteiger partial charge >= 0.3 is 0 Å². The Kier molecular flexibility index (Phi) is 4.22. The van der Waals surface area contributed by atoms with Gasteiger partial charge in [-0.05, 0) is 12.5 Å². The van der Waals surface area contributed by atoms with Gasteiger partial charge in [0.25, 0.3) is 0 Å². The van der Waals surface area contributed by atoms with Crippen LogP contribution in [0.4, 0.5) is 11.5 Å². The Hall–Kier alpha value is -1.81. The minimum atomic E-state index is 0.683. The lowest BCUT2D eigenvalue weighted by molar-refractivity contribution is 0.211. The number of hydrogen-bond acceptors (Lipinski definition) is 4. The first-order chi connectivity index (χ1) is 9.15. The summed E-state index contributed by atoms with van der Waals surface area (Å²) in [6, 6.07) is 6.33. The quantitative estimate of drug-likeness (QED) is 0.838. The van der Waals surface area contributed by atoms with Crippen LogP contribution in [-0.4, -0.2) is 39.3 Å². The van der Waals surface area contributed by atoms with E-state index < -0.39 is 0 Å². The second kappa shape index (κ2) is 5.89. The zero-order valence-corrected chi connectivity index (χ0v) is 12.0. The Morgan fingerprint density at radius 2 is 2.11 bits per heavy atom. The summed E-state index contributed by atoms with van der Waals surface area (Å²) < 4.78 is 5.07. The zero-order chi connectivity index (χ0) is 13.8. The van der Waals surface area contributed by atoms with Crippen LogP contribution >= 0.6 is 0 Å². The molecule has 0 unspecified atom stereocenters. The highest BCUT2D eigenvalue weighted by molar-refractivity contribution is 6.02. The number of nitrogens with one attached hydrogen (secondary N) is 1. The molecule has 1 heterocycles. The number of methoxy groups -OCH3 is 1. The highest BCUT2D eigenvalue weighted by atomic mass is 16.5. The molecule has 0 amide bonds. The number of nitrogens with zero attached hydrogens (tertiary/aromatic N) is 2. The first kappa shape index (κ1) is 13.6. The third kappa shape index (κ3) is 2.79. The van der Waals surface area contributed by atoms with Crippen LogP contribution in [0.25, 0.3) is 10.8 Å². The summed E-state index contributed by atoms with van der Waals surface area (Å²) in [5.41, 5.74) is 2.30. The third-order valence-electron chi connectivity index (χ3n) is 3.15. The van der Waals surface area contributed by atoms with Gasteiger partial charge in [0.2, 0.25) is 0 Å². The van der Waals surface area contributed by atoms with E-state index in [0.29, 0.717) is 6.61 Å². The number of hydrogen-bond donors (Lipinski definition) is 1. The highest BCUT2D eigenvalue weighted by Crippen LogP contribution is 2.31. The summed E-state index contributed by atoms with van der Waals surface area (Å²) in [6.07, 6.45) is 1.90. The van der Waals surface area contributed by atoms with Gasteiger partial charge < -0.3 is 15.0 Å². The van der Waals surface area contributed by atoms with Crippen LogP contribution in [-0.2, 0) is 4.74 Å². The normalized spacial score (nSPS) is 10.7. The summed E-state index contributed by atoms with van der Waals surface area (Å²) in [5.74, 6) is 1.00. The number of fused-ring (bicyclic) bond motifs is 1. The number of aromatic nitrogens is 1. The predicted molar refractivity (Wildman–Crippen MR) is 81.2 cm³/mol. The summed E-state index contributed by atoms with van der Waals surface area (Å²) in [6.45, 7) is 3.58. The van der Waals surface area contributed by atoms with Crippen molar-refractivity contribution in [3.8, 4) is 0 Å². The number of anilines is 2. The Bertz CT molecular complexity index is 567. The summed E-state index contributed by atoms with van der Waals surface area (Å²) >= 11 is 0. The van der Waals surface area contributed by atoms with Crippen LogP contribution in [0.3, 0.4) is 0 Å². The number of benzene rings is 1. The molecule has 0 bridgehead atoms. The molecule has 0 saturated carbocycles. The molecule has 4 nitrogen and oxygen atoms in total. The average Bonchev–Trinajstić information content (AvgIpc) is 2.39. The molecule has 0 aliphatic rings. The van der Waals surface area contributed by atoms with Gasteiger partial charge in [0.15, 0.2) is 0 Å². The minimum absolute atomic E-state index is 0.683. The van der Waals surface area contributed by atoms with Crippen molar-refractivity contribution in [2.24, 2.45) is 0 Å². The second-order valence-corrected chi connectivity index (χ2v) is 4.81. The molecule has 102 valence electrons. The van der Waals surface area contributed by atoms with Crippen LogP contribution < -0.4 is 10.2 Å². The molecule has 0 spiro atoms.